The van der Waals surface area contributed by atoms with Gasteiger partial charge in [0.1, 0.15) is 0 Å². The van der Waals surface area contributed by atoms with Gasteiger partial charge in [0, 0.05) is 19.5 Å². The number of carbonyl (C=O) groups excluding carboxylic acids is 1. The van der Waals surface area contributed by atoms with E-state index in [9.17, 15) is 13.2 Å². The van der Waals surface area contributed by atoms with E-state index in [4.69, 9.17) is 0 Å². The van der Waals surface area contributed by atoms with E-state index in [1.165, 1.54) is 0 Å². The third-order valence-electron chi connectivity index (χ3n) is 2.66. The molecule has 112 valence electrons. The van der Waals surface area contributed by atoms with Crippen LogP contribution in [0.4, 0.5) is 0 Å². The molecular formula is C14H22N2O3S. The first-order valence-electron chi connectivity index (χ1n) is 6.64. The van der Waals surface area contributed by atoms with Crippen molar-refractivity contribution in [1.82, 2.24) is 10.0 Å². The molecule has 2 N–H and O–H groups in total. The summed E-state index contributed by atoms with van der Waals surface area (Å²) in [6.45, 7) is 6.28. The highest BCUT2D eigenvalue weighted by atomic mass is 32.2. The Kier molecular flexibility index (Phi) is 6.16. The van der Waals surface area contributed by atoms with Crippen LogP contribution in [0, 0.1) is 12.8 Å². The second-order valence-electron chi connectivity index (χ2n) is 5.16. The van der Waals surface area contributed by atoms with Crippen LogP contribution in [0.2, 0.25) is 0 Å². The molecule has 6 heteroatoms. The zero-order valence-electron chi connectivity index (χ0n) is 12.1. The van der Waals surface area contributed by atoms with Crippen molar-refractivity contribution >= 4 is 15.9 Å². The third-order valence-corrected chi connectivity index (χ3v) is 4.14. The van der Waals surface area contributed by atoms with Crippen molar-refractivity contribution in [3.05, 3.63) is 29.8 Å². The van der Waals surface area contributed by atoms with Gasteiger partial charge in [-0.2, -0.15) is 0 Å². The highest BCUT2D eigenvalue weighted by Gasteiger charge is 2.12. The van der Waals surface area contributed by atoms with E-state index in [0.29, 0.717) is 12.3 Å². The molecular weight excluding hydrogens is 276 g/mol. The fourth-order valence-corrected chi connectivity index (χ4v) is 2.66. The molecule has 5 nitrogen and oxygen atoms in total. The van der Waals surface area contributed by atoms with Gasteiger partial charge in [-0.3, -0.25) is 4.79 Å². The molecule has 0 aliphatic heterocycles. The summed E-state index contributed by atoms with van der Waals surface area (Å²) in [5.41, 5.74) is 1.00. The van der Waals surface area contributed by atoms with E-state index in [1.807, 2.05) is 20.8 Å². The summed E-state index contributed by atoms with van der Waals surface area (Å²) in [5, 5.41) is 2.68. The summed E-state index contributed by atoms with van der Waals surface area (Å²) in [6.07, 6.45) is 0.449. The Morgan fingerprint density at radius 1 is 1.15 bits per heavy atom. The molecule has 1 amide bonds. The van der Waals surface area contributed by atoms with Crippen LogP contribution in [-0.2, 0) is 14.8 Å². The van der Waals surface area contributed by atoms with Gasteiger partial charge in [-0.25, -0.2) is 13.1 Å². The van der Waals surface area contributed by atoms with Gasteiger partial charge in [0.2, 0.25) is 15.9 Å². The Morgan fingerprint density at radius 2 is 1.75 bits per heavy atom. The SMILES string of the molecule is Cc1ccc(S(=O)(=O)NCCNC(=O)CC(C)C)cc1. The number of sulfonamides is 1. The Morgan fingerprint density at radius 3 is 2.30 bits per heavy atom. The van der Waals surface area contributed by atoms with Gasteiger partial charge in [0.15, 0.2) is 0 Å². The van der Waals surface area contributed by atoms with Crippen molar-refractivity contribution < 1.29 is 13.2 Å². The van der Waals surface area contributed by atoms with Crippen molar-refractivity contribution in [3.63, 3.8) is 0 Å². The molecule has 0 aromatic heterocycles. The number of rotatable bonds is 7. The van der Waals surface area contributed by atoms with Gasteiger partial charge in [0.25, 0.3) is 0 Å². The number of aryl methyl sites for hydroxylation is 1. The van der Waals surface area contributed by atoms with Crippen molar-refractivity contribution in [1.29, 1.82) is 0 Å². The summed E-state index contributed by atoms with van der Waals surface area (Å²) >= 11 is 0. The molecule has 1 aromatic rings. The minimum Gasteiger partial charge on any atom is -0.355 e. The molecule has 0 radical (unpaired) electrons. The zero-order valence-corrected chi connectivity index (χ0v) is 13.0. The van der Waals surface area contributed by atoms with E-state index in [-0.39, 0.29) is 23.9 Å². The number of carbonyl (C=O) groups is 1. The number of hydrogen-bond donors (Lipinski definition) is 2. The van der Waals surface area contributed by atoms with Crippen LogP contribution >= 0.6 is 0 Å². The molecule has 1 aromatic carbocycles. The second kappa shape index (κ2) is 7.40. The number of nitrogens with one attached hydrogen (secondary N) is 2. The summed E-state index contributed by atoms with van der Waals surface area (Å²) in [6, 6.07) is 6.63. The highest BCUT2D eigenvalue weighted by molar-refractivity contribution is 7.89. The normalized spacial score (nSPS) is 11.6. The van der Waals surface area contributed by atoms with Crippen molar-refractivity contribution in [2.24, 2.45) is 5.92 Å². The molecule has 0 bridgehead atoms. The lowest BCUT2D eigenvalue weighted by Gasteiger charge is -2.09. The van der Waals surface area contributed by atoms with Crippen LogP contribution in [0.3, 0.4) is 0 Å². The minimum atomic E-state index is -3.50. The van der Waals surface area contributed by atoms with Crippen LogP contribution in [-0.4, -0.2) is 27.4 Å². The summed E-state index contributed by atoms with van der Waals surface area (Å²) < 4.78 is 26.3. The molecule has 0 aliphatic carbocycles. The Hall–Kier alpha value is -1.40. The average Bonchev–Trinajstić information content (AvgIpc) is 2.34. The first-order chi connectivity index (χ1) is 9.31. The lowest BCUT2D eigenvalue weighted by atomic mass is 10.1. The maximum absolute atomic E-state index is 11.9. The van der Waals surface area contributed by atoms with Crippen LogP contribution < -0.4 is 10.0 Å². The van der Waals surface area contributed by atoms with Crippen molar-refractivity contribution in [2.75, 3.05) is 13.1 Å². The van der Waals surface area contributed by atoms with E-state index in [2.05, 4.69) is 10.0 Å². The molecule has 0 fully saturated rings. The Bertz CT molecular complexity index is 536. The van der Waals surface area contributed by atoms with Crippen LogP contribution in [0.15, 0.2) is 29.2 Å². The molecule has 0 unspecified atom stereocenters. The fraction of sp³-hybridized carbons (Fsp3) is 0.500. The lowest BCUT2D eigenvalue weighted by molar-refractivity contribution is -0.121. The van der Waals surface area contributed by atoms with Crippen molar-refractivity contribution in [2.45, 2.75) is 32.1 Å². The minimum absolute atomic E-state index is 0.0606. The molecule has 20 heavy (non-hydrogen) atoms. The van der Waals surface area contributed by atoms with Gasteiger partial charge < -0.3 is 5.32 Å². The summed E-state index contributed by atoms with van der Waals surface area (Å²) in [7, 11) is -3.50. The molecule has 1 rings (SSSR count). The van der Waals surface area contributed by atoms with Gasteiger partial charge >= 0.3 is 0 Å². The van der Waals surface area contributed by atoms with Gasteiger partial charge in [0.05, 0.1) is 4.90 Å². The monoisotopic (exact) mass is 298 g/mol. The van der Waals surface area contributed by atoms with Gasteiger partial charge in [-0.1, -0.05) is 31.5 Å². The zero-order chi connectivity index (χ0) is 15.2. The van der Waals surface area contributed by atoms with Gasteiger partial charge in [-0.15, -0.1) is 0 Å². The van der Waals surface area contributed by atoms with E-state index >= 15 is 0 Å². The van der Waals surface area contributed by atoms with Crippen LogP contribution in [0.5, 0.6) is 0 Å². The second-order valence-corrected chi connectivity index (χ2v) is 6.93. The predicted octanol–water partition coefficient (Wildman–Crippen LogP) is 1.44. The molecule has 0 spiro atoms. The molecule has 0 saturated heterocycles. The van der Waals surface area contributed by atoms with E-state index in [0.717, 1.165) is 5.56 Å². The average molecular weight is 298 g/mol. The first-order valence-corrected chi connectivity index (χ1v) is 8.12. The molecule has 0 aliphatic rings. The van der Waals surface area contributed by atoms with Crippen LogP contribution in [0.1, 0.15) is 25.8 Å². The standard InChI is InChI=1S/C14H22N2O3S/c1-11(2)10-14(17)15-8-9-16-20(18,19)13-6-4-12(3)5-7-13/h4-7,11,16H,8-10H2,1-3H3,(H,15,17). The fourth-order valence-electron chi connectivity index (χ4n) is 1.63. The topological polar surface area (TPSA) is 75.3 Å². The Labute approximate surface area is 120 Å². The first kappa shape index (κ1) is 16.7. The maximum atomic E-state index is 11.9. The number of benzene rings is 1. The van der Waals surface area contributed by atoms with Gasteiger partial charge in [-0.05, 0) is 25.0 Å². The predicted molar refractivity (Wildman–Crippen MR) is 78.8 cm³/mol. The van der Waals surface area contributed by atoms with E-state index < -0.39 is 10.0 Å². The summed E-state index contributed by atoms with van der Waals surface area (Å²) in [4.78, 5) is 11.6. The highest BCUT2D eigenvalue weighted by Crippen LogP contribution is 2.09. The molecule has 0 atom stereocenters. The van der Waals surface area contributed by atoms with E-state index in [1.54, 1.807) is 24.3 Å². The largest absolute Gasteiger partial charge is 0.355 e. The smallest absolute Gasteiger partial charge is 0.240 e. The summed E-state index contributed by atoms with van der Waals surface area (Å²) in [5.74, 6) is 0.230. The number of hydrogen-bond acceptors (Lipinski definition) is 3. The van der Waals surface area contributed by atoms with Crippen molar-refractivity contribution in [3.8, 4) is 0 Å². The molecule has 0 saturated carbocycles. The maximum Gasteiger partial charge on any atom is 0.240 e. The third kappa shape index (κ3) is 5.71. The quantitative estimate of drug-likeness (QED) is 0.748. The molecule has 0 heterocycles. The lowest BCUT2D eigenvalue weighted by Crippen LogP contribution is -2.35. The van der Waals surface area contributed by atoms with Crippen LogP contribution in [0.25, 0.3) is 0 Å². The number of amides is 1. The Balaban J connectivity index is 2.41.